The summed E-state index contributed by atoms with van der Waals surface area (Å²) in [5.41, 5.74) is 5.43. The van der Waals surface area contributed by atoms with Gasteiger partial charge < -0.3 is 5.32 Å². The van der Waals surface area contributed by atoms with E-state index in [0.717, 1.165) is 26.2 Å². The van der Waals surface area contributed by atoms with Crippen LogP contribution in [-0.2, 0) is 17.6 Å². The third kappa shape index (κ3) is 5.08. The van der Waals surface area contributed by atoms with E-state index in [1.165, 1.54) is 47.9 Å². The number of hydrogen-bond acceptors (Lipinski definition) is 4. The van der Waals surface area contributed by atoms with Gasteiger partial charge in [-0.3, -0.25) is 19.6 Å². The standard InChI is InChI=1S/C25H34N4O/c1-19(22-10-9-21-6-3-4-7-23(21)16-22)27-25(30)18-28-12-14-29(15-13-28)20(2)24-8-5-11-26-17-24/h5,8-11,16-17,19-20H,3-4,6-7,12-15,18H2,1-2H3,(H,27,30). The molecule has 1 aliphatic carbocycles. The van der Waals surface area contributed by atoms with E-state index in [-0.39, 0.29) is 11.9 Å². The van der Waals surface area contributed by atoms with E-state index in [1.807, 2.05) is 18.5 Å². The molecule has 1 saturated heterocycles. The van der Waals surface area contributed by atoms with Crippen molar-refractivity contribution in [1.29, 1.82) is 0 Å². The molecule has 2 unspecified atom stereocenters. The molecule has 0 bridgehead atoms. The lowest BCUT2D eigenvalue weighted by Crippen LogP contribution is -2.50. The lowest BCUT2D eigenvalue weighted by molar-refractivity contribution is -0.123. The van der Waals surface area contributed by atoms with Gasteiger partial charge in [0.25, 0.3) is 0 Å². The fraction of sp³-hybridized carbons (Fsp3) is 0.520. The van der Waals surface area contributed by atoms with Gasteiger partial charge in [0, 0.05) is 44.6 Å². The van der Waals surface area contributed by atoms with Crippen LogP contribution < -0.4 is 5.32 Å². The maximum absolute atomic E-state index is 12.6. The van der Waals surface area contributed by atoms with Gasteiger partial charge in [-0.15, -0.1) is 0 Å². The van der Waals surface area contributed by atoms with Crippen molar-refractivity contribution in [3.8, 4) is 0 Å². The Balaban J connectivity index is 1.25. The summed E-state index contributed by atoms with van der Waals surface area (Å²) < 4.78 is 0. The Morgan fingerprint density at radius 2 is 1.80 bits per heavy atom. The summed E-state index contributed by atoms with van der Waals surface area (Å²) in [5.74, 6) is 0.119. The first-order chi connectivity index (χ1) is 14.6. The SMILES string of the molecule is CC(NC(=O)CN1CCN(C(C)c2cccnc2)CC1)c1ccc2c(c1)CCCC2. The molecule has 1 aromatic carbocycles. The third-order valence-corrected chi connectivity index (χ3v) is 6.74. The van der Waals surface area contributed by atoms with Crippen molar-refractivity contribution < 1.29 is 4.79 Å². The van der Waals surface area contributed by atoms with Gasteiger partial charge in [0.05, 0.1) is 12.6 Å². The zero-order chi connectivity index (χ0) is 20.9. The molecule has 2 heterocycles. The Labute approximate surface area is 180 Å². The Morgan fingerprint density at radius 3 is 2.53 bits per heavy atom. The second-order valence-corrected chi connectivity index (χ2v) is 8.80. The first-order valence-electron chi connectivity index (χ1n) is 11.4. The number of benzene rings is 1. The minimum Gasteiger partial charge on any atom is -0.348 e. The molecule has 0 spiro atoms. The minimum absolute atomic E-state index is 0.0524. The van der Waals surface area contributed by atoms with Crippen LogP contribution in [0.2, 0.25) is 0 Å². The zero-order valence-electron chi connectivity index (χ0n) is 18.3. The number of pyridine rings is 1. The molecule has 1 N–H and O–H groups in total. The second kappa shape index (κ2) is 9.71. The van der Waals surface area contributed by atoms with Crippen LogP contribution in [0.1, 0.15) is 61.0 Å². The molecule has 1 fully saturated rings. The summed E-state index contributed by atoms with van der Waals surface area (Å²) in [6, 6.07) is 11.3. The third-order valence-electron chi connectivity index (χ3n) is 6.74. The van der Waals surface area contributed by atoms with Gasteiger partial charge in [-0.25, -0.2) is 0 Å². The normalized spacial score (nSPS) is 19.7. The fourth-order valence-corrected chi connectivity index (χ4v) is 4.74. The molecule has 5 heteroatoms. The minimum atomic E-state index is 0.0524. The molecule has 1 aromatic heterocycles. The Bertz CT molecular complexity index is 845. The number of nitrogens with one attached hydrogen (secondary N) is 1. The van der Waals surface area contributed by atoms with Gasteiger partial charge in [0.2, 0.25) is 5.91 Å². The predicted molar refractivity (Wildman–Crippen MR) is 120 cm³/mol. The number of nitrogens with zero attached hydrogens (tertiary/aromatic N) is 3. The lowest BCUT2D eigenvalue weighted by Gasteiger charge is -2.38. The van der Waals surface area contributed by atoms with E-state index in [4.69, 9.17) is 0 Å². The quantitative estimate of drug-likeness (QED) is 0.798. The predicted octanol–water partition coefficient (Wildman–Crippen LogP) is 3.52. The van der Waals surface area contributed by atoms with E-state index in [0.29, 0.717) is 12.6 Å². The molecule has 2 aromatic rings. The first kappa shape index (κ1) is 21.0. The molecule has 0 saturated carbocycles. The van der Waals surface area contributed by atoms with E-state index >= 15 is 0 Å². The van der Waals surface area contributed by atoms with Crippen LogP contribution in [-0.4, -0.2) is 53.4 Å². The van der Waals surface area contributed by atoms with Crippen molar-refractivity contribution in [1.82, 2.24) is 20.1 Å². The Kier molecular flexibility index (Phi) is 6.80. The van der Waals surface area contributed by atoms with E-state index in [9.17, 15) is 4.79 Å². The monoisotopic (exact) mass is 406 g/mol. The number of aromatic nitrogens is 1. The van der Waals surface area contributed by atoms with Crippen molar-refractivity contribution in [3.63, 3.8) is 0 Å². The number of rotatable bonds is 6. The molecule has 2 atom stereocenters. The molecule has 1 aliphatic heterocycles. The van der Waals surface area contributed by atoms with Gasteiger partial charge in [-0.1, -0.05) is 24.3 Å². The molecular formula is C25H34N4O. The van der Waals surface area contributed by atoms with Gasteiger partial charge in [-0.05, 0) is 67.9 Å². The maximum atomic E-state index is 12.6. The van der Waals surface area contributed by atoms with Gasteiger partial charge in [0.1, 0.15) is 0 Å². The molecule has 160 valence electrons. The van der Waals surface area contributed by atoms with Crippen LogP contribution >= 0.6 is 0 Å². The largest absolute Gasteiger partial charge is 0.348 e. The highest BCUT2D eigenvalue weighted by atomic mass is 16.2. The van der Waals surface area contributed by atoms with Crippen molar-refractivity contribution in [2.24, 2.45) is 0 Å². The van der Waals surface area contributed by atoms with E-state index in [2.05, 4.69) is 58.2 Å². The zero-order valence-corrected chi connectivity index (χ0v) is 18.3. The highest BCUT2D eigenvalue weighted by Gasteiger charge is 2.24. The summed E-state index contributed by atoms with van der Waals surface area (Å²) in [6.07, 6.45) is 8.72. The molecule has 5 nitrogen and oxygen atoms in total. The van der Waals surface area contributed by atoms with Crippen LogP contribution in [0.3, 0.4) is 0 Å². The summed E-state index contributed by atoms with van der Waals surface area (Å²) >= 11 is 0. The number of amides is 1. The maximum Gasteiger partial charge on any atom is 0.234 e. The first-order valence-corrected chi connectivity index (χ1v) is 11.4. The van der Waals surface area contributed by atoms with Crippen LogP contribution in [0, 0.1) is 0 Å². The molecule has 2 aliphatic rings. The summed E-state index contributed by atoms with van der Waals surface area (Å²) in [6.45, 7) is 8.60. The van der Waals surface area contributed by atoms with Crippen molar-refractivity contribution in [2.75, 3.05) is 32.7 Å². The van der Waals surface area contributed by atoms with Crippen molar-refractivity contribution in [2.45, 2.75) is 51.6 Å². The van der Waals surface area contributed by atoms with E-state index in [1.54, 1.807) is 0 Å². The average molecular weight is 407 g/mol. The van der Waals surface area contributed by atoms with Gasteiger partial charge >= 0.3 is 0 Å². The molecular weight excluding hydrogens is 372 g/mol. The van der Waals surface area contributed by atoms with Gasteiger partial charge in [0.15, 0.2) is 0 Å². The smallest absolute Gasteiger partial charge is 0.234 e. The fourth-order valence-electron chi connectivity index (χ4n) is 4.74. The van der Waals surface area contributed by atoms with Crippen molar-refractivity contribution in [3.05, 3.63) is 65.0 Å². The number of hydrogen-bond donors (Lipinski definition) is 1. The molecule has 0 radical (unpaired) electrons. The van der Waals surface area contributed by atoms with Crippen LogP contribution in [0.4, 0.5) is 0 Å². The summed E-state index contributed by atoms with van der Waals surface area (Å²) in [4.78, 5) is 21.6. The number of fused-ring (bicyclic) bond motifs is 1. The van der Waals surface area contributed by atoms with Crippen LogP contribution in [0.15, 0.2) is 42.7 Å². The van der Waals surface area contributed by atoms with E-state index < -0.39 is 0 Å². The summed E-state index contributed by atoms with van der Waals surface area (Å²) in [7, 11) is 0. The average Bonchev–Trinajstić information content (AvgIpc) is 2.79. The number of piperazine rings is 1. The highest BCUT2D eigenvalue weighted by molar-refractivity contribution is 5.78. The Hall–Kier alpha value is -2.24. The lowest BCUT2D eigenvalue weighted by atomic mass is 9.89. The topological polar surface area (TPSA) is 48.5 Å². The second-order valence-electron chi connectivity index (χ2n) is 8.80. The number of carbonyl (C=O) groups excluding carboxylic acids is 1. The number of carbonyl (C=O) groups is 1. The Morgan fingerprint density at radius 1 is 1.03 bits per heavy atom. The molecule has 4 rings (SSSR count). The summed E-state index contributed by atoms with van der Waals surface area (Å²) in [5, 5.41) is 3.21. The highest BCUT2D eigenvalue weighted by Crippen LogP contribution is 2.25. The number of aryl methyl sites for hydroxylation is 2. The van der Waals surface area contributed by atoms with Crippen LogP contribution in [0.5, 0.6) is 0 Å². The van der Waals surface area contributed by atoms with Crippen LogP contribution in [0.25, 0.3) is 0 Å². The molecule has 1 amide bonds. The van der Waals surface area contributed by atoms with Crippen molar-refractivity contribution >= 4 is 5.91 Å². The van der Waals surface area contributed by atoms with Gasteiger partial charge in [-0.2, -0.15) is 0 Å². The molecule has 30 heavy (non-hydrogen) atoms.